The number of aromatic nitrogens is 2. The van der Waals surface area contributed by atoms with Crippen molar-refractivity contribution in [1.82, 2.24) is 14.9 Å². The lowest BCUT2D eigenvalue weighted by Crippen LogP contribution is -2.51. The van der Waals surface area contributed by atoms with Gasteiger partial charge < -0.3 is 15.5 Å². The van der Waals surface area contributed by atoms with Gasteiger partial charge >= 0.3 is 0 Å². The van der Waals surface area contributed by atoms with E-state index in [1.54, 1.807) is 0 Å². The van der Waals surface area contributed by atoms with Crippen molar-refractivity contribution in [3.05, 3.63) is 11.3 Å². The third-order valence-electron chi connectivity index (χ3n) is 5.25. The summed E-state index contributed by atoms with van der Waals surface area (Å²) in [5.41, 5.74) is 8.20. The molecule has 0 radical (unpaired) electrons. The van der Waals surface area contributed by atoms with Gasteiger partial charge in [0.2, 0.25) is 5.95 Å². The second-order valence-corrected chi connectivity index (χ2v) is 6.79. The molecule has 1 aromatic rings. The third-order valence-corrected chi connectivity index (χ3v) is 5.25. The summed E-state index contributed by atoms with van der Waals surface area (Å²) in [6, 6.07) is 0.728. The first-order valence-corrected chi connectivity index (χ1v) is 8.05. The van der Waals surface area contributed by atoms with Crippen molar-refractivity contribution in [1.29, 1.82) is 0 Å². The number of anilines is 2. The summed E-state index contributed by atoms with van der Waals surface area (Å²) in [6.45, 7) is 6.45. The fourth-order valence-electron chi connectivity index (χ4n) is 4.43. The molecule has 1 saturated carbocycles. The maximum atomic E-state index is 5.91. The molecule has 1 aliphatic carbocycles. The normalized spacial score (nSPS) is 28.4. The van der Waals surface area contributed by atoms with E-state index in [-0.39, 0.29) is 0 Å². The first kappa shape index (κ1) is 14.6. The molecule has 1 aliphatic heterocycles. The molecule has 2 aliphatic rings. The van der Waals surface area contributed by atoms with Gasteiger partial charge in [-0.3, -0.25) is 0 Å². The van der Waals surface area contributed by atoms with Crippen LogP contribution in [0.4, 0.5) is 11.8 Å². The standard InChI is InChI=1S/C16H27N5/c1-5-13-10(2)15(19-16(17)18-13)21-8-11-6-7-12(9-21)14(11)20(3)4/h11-12,14H,5-9H2,1-4H3,(H2,17,18,19)/t11-,12+,14?. The summed E-state index contributed by atoms with van der Waals surface area (Å²) in [4.78, 5) is 13.8. The van der Waals surface area contributed by atoms with Crippen LogP contribution in [0.5, 0.6) is 0 Å². The maximum absolute atomic E-state index is 5.91. The van der Waals surface area contributed by atoms with Crippen molar-refractivity contribution in [2.45, 2.75) is 39.2 Å². The predicted molar refractivity (Wildman–Crippen MR) is 86.5 cm³/mol. The van der Waals surface area contributed by atoms with Crippen molar-refractivity contribution in [2.75, 3.05) is 37.8 Å². The van der Waals surface area contributed by atoms with Crippen LogP contribution in [0, 0.1) is 18.8 Å². The van der Waals surface area contributed by atoms with Gasteiger partial charge in [0.05, 0.1) is 5.69 Å². The van der Waals surface area contributed by atoms with Crippen molar-refractivity contribution in [3.8, 4) is 0 Å². The van der Waals surface area contributed by atoms with Crippen LogP contribution in [0.3, 0.4) is 0 Å². The molecular weight excluding hydrogens is 262 g/mol. The number of aryl methyl sites for hydroxylation is 1. The van der Waals surface area contributed by atoms with Gasteiger partial charge in [-0.2, -0.15) is 4.98 Å². The van der Waals surface area contributed by atoms with E-state index in [2.05, 4.69) is 47.7 Å². The lowest BCUT2D eigenvalue weighted by atomic mass is 9.91. The highest BCUT2D eigenvalue weighted by Gasteiger charge is 2.43. The largest absolute Gasteiger partial charge is 0.368 e. The van der Waals surface area contributed by atoms with E-state index in [0.717, 1.165) is 48.9 Å². The topological polar surface area (TPSA) is 58.3 Å². The first-order chi connectivity index (χ1) is 10.0. The molecule has 2 fully saturated rings. The molecule has 5 nitrogen and oxygen atoms in total. The molecule has 1 aromatic heterocycles. The molecule has 3 atom stereocenters. The molecule has 3 rings (SSSR count). The lowest BCUT2D eigenvalue weighted by Gasteiger charge is -2.42. The molecule has 2 heterocycles. The van der Waals surface area contributed by atoms with Gasteiger partial charge in [-0.05, 0) is 52.1 Å². The van der Waals surface area contributed by atoms with Crippen LogP contribution < -0.4 is 10.6 Å². The Balaban J connectivity index is 1.89. The Morgan fingerprint density at radius 3 is 2.33 bits per heavy atom. The number of nitrogen functional groups attached to an aromatic ring is 1. The molecule has 1 unspecified atom stereocenters. The Kier molecular flexibility index (Phi) is 3.78. The van der Waals surface area contributed by atoms with Crippen LogP contribution in [-0.4, -0.2) is 48.1 Å². The SMILES string of the molecule is CCc1nc(N)nc(N2C[C@H]3CC[C@@H](C2)C3N(C)C)c1C. The average Bonchev–Trinajstić information content (AvgIpc) is 2.72. The quantitative estimate of drug-likeness (QED) is 0.918. The summed E-state index contributed by atoms with van der Waals surface area (Å²) >= 11 is 0. The zero-order valence-corrected chi connectivity index (χ0v) is 13.6. The van der Waals surface area contributed by atoms with Crippen LogP contribution in [0.25, 0.3) is 0 Å². The lowest BCUT2D eigenvalue weighted by molar-refractivity contribution is 0.171. The first-order valence-electron chi connectivity index (χ1n) is 8.05. The number of fused-ring (bicyclic) bond motifs is 2. The van der Waals surface area contributed by atoms with E-state index < -0.39 is 0 Å². The van der Waals surface area contributed by atoms with E-state index in [1.807, 2.05) is 0 Å². The van der Waals surface area contributed by atoms with E-state index in [4.69, 9.17) is 5.73 Å². The van der Waals surface area contributed by atoms with Crippen molar-refractivity contribution in [3.63, 3.8) is 0 Å². The van der Waals surface area contributed by atoms with Crippen LogP contribution >= 0.6 is 0 Å². The fraction of sp³-hybridized carbons (Fsp3) is 0.750. The Hall–Kier alpha value is -1.36. The summed E-state index contributed by atoms with van der Waals surface area (Å²) in [6.07, 6.45) is 3.58. The maximum Gasteiger partial charge on any atom is 0.222 e. The third kappa shape index (κ3) is 2.48. The summed E-state index contributed by atoms with van der Waals surface area (Å²) in [5, 5.41) is 0. The molecule has 0 aromatic carbocycles. The molecule has 0 spiro atoms. The molecule has 116 valence electrons. The second-order valence-electron chi connectivity index (χ2n) is 6.79. The number of nitrogens with two attached hydrogens (primary N) is 1. The Bertz CT molecular complexity index is 514. The van der Waals surface area contributed by atoms with Gasteiger partial charge in [0.15, 0.2) is 0 Å². The van der Waals surface area contributed by atoms with E-state index in [0.29, 0.717) is 5.95 Å². The highest BCUT2D eigenvalue weighted by molar-refractivity contribution is 5.52. The van der Waals surface area contributed by atoms with Crippen LogP contribution in [0.2, 0.25) is 0 Å². The number of hydrogen-bond acceptors (Lipinski definition) is 5. The Morgan fingerprint density at radius 1 is 1.19 bits per heavy atom. The Morgan fingerprint density at radius 2 is 1.81 bits per heavy atom. The minimum absolute atomic E-state index is 0.412. The van der Waals surface area contributed by atoms with Gasteiger partial charge in [-0.15, -0.1) is 0 Å². The molecular formula is C16H27N5. The fourth-order valence-corrected chi connectivity index (χ4v) is 4.43. The molecule has 2 bridgehead atoms. The highest BCUT2D eigenvalue weighted by atomic mass is 15.3. The molecule has 21 heavy (non-hydrogen) atoms. The van der Waals surface area contributed by atoms with Crippen molar-refractivity contribution in [2.24, 2.45) is 11.8 Å². The van der Waals surface area contributed by atoms with Crippen LogP contribution in [0.1, 0.15) is 31.0 Å². The van der Waals surface area contributed by atoms with Crippen molar-refractivity contribution < 1.29 is 0 Å². The van der Waals surface area contributed by atoms with Crippen LogP contribution in [-0.2, 0) is 6.42 Å². The average molecular weight is 289 g/mol. The highest BCUT2D eigenvalue weighted by Crippen LogP contribution is 2.41. The summed E-state index contributed by atoms with van der Waals surface area (Å²) in [7, 11) is 4.43. The molecule has 0 amide bonds. The summed E-state index contributed by atoms with van der Waals surface area (Å²) in [5.74, 6) is 2.97. The van der Waals surface area contributed by atoms with E-state index >= 15 is 0 Å². The second kappa shape index (κ2) is 5.44. The predicted octanol–water partition coefficient (Wildman–Crippen LogP) is 1.71. The van der Waals surface area contributed by atoms with Crippen LogP contribution in [0.15, 0.2) is 0 Å². The minimum Gasteiger partial charge on any atom is -0.368 e. The monoisotopic (exact) mass is 289 g/mol. The zero-order chi connectivity index (χ0) is 15.1. The van der Waals surface area contributed by atoms with E-state index in [1.165, 1.54) is 18.4 Å². The molecule has 1 saturated heterocycles. The minimum atomic E-state index is 0.412. The van der Waals surface area contributed by atoms with Gasteiger partial charge in [0, 0.05) is 24.7 Å². The smallest absolute Gasteiger partial charge is 0.222 e. The molecule has 5 heteroatoms. The number of piperidine rings is 1. The number of nitrogens with zero attached hydrogens (tertiary/aromatic N) is 4. The van der Waals surface area contributed by atoms with Gasteiger partial charge in [0.25, 0.3) is 0 Å². The number of rotatable bonds is 3. The Labute approximate surface area is 127 Å². The summed E-state index contributed by atoms with van der Waals surface area (Å²) < 4.78 is 0. The molecule has 2 N–H and O–H groups in total. The van der Waals surface area contributed by atoms with Gasteiger partial charge in [-0.1, -0.05) is 6.92 Å². The number of hydrogen-bond donors (Lipinski definition) is 1. The van der Waals surface area contributed by atoms with Crippen molar-refractivity contribution >= 4 is 11.8 Å². The van der Waals surface area contributed by atoms with Gasteiger partial charge in [0.1, 0.15) is 5.82 Å². The van der Waals surface area contributed by atoms with E-state index in [9.17, 15) is 0 Å². The van der Waals surface area contributed by atoms with Gasteiger partial charge in [-0.25, -0.2) is 4.98 Å². The zero-order valence-electron chi connectivity index (χ0n) is 13.6.